The van der Waals surface area contributed by atoms with E-state index in [1.807, 2.05) is 22.8 Å². The molecule has 2 fully saturated rings. The first kappa shape index (κ1) is 22.6. The number of hydrogen-bond acceptors (Lipinski definition) is 4. The highest BCUT2D eigenvalue weighted by Crippen LogP contribution is 2.32. The average molecular weight is 450 g/mol. The van der Waals surface area contributed by atoms with Crippen molar-refractivity contribution in [1.29, 1.82) is 0 Å². The molecule has 1 aromatic carbocycles. The molecule has 0 unspecified atom stereocenters. The Morgan fingerprint density at radius 1 is 1.12 bits per heavy atom. The Bertz CT molecular complexity index is 949. The summed E-state index contributed by atoms with van der Waals surface area (Å²) in [6.07, 6.45) is -1.57. The predicted molar refractivity (Wildman–Crippen MR) is 117 cm³/mol. The fourth-order valence-corrected chi connectivity index (χ4v) is 4.72. The molecule has 2 aromatic rings. The van der Waals surface area contributed by atoms with Crippen LogP contribution in [0.4, 0.5) is 18.9 Å². The molecule has 0 spiro atoms. The highest BCUT2D eigenvalue weighted by Gasteiger charge is 2.33. The number of rotatable bonds is 4. The molecule has 2 aliphatic rings. The van der Waals surface area contributed by atoms with Crippen LogP contribution in [-0.4, -0.2) is 70.8 Å². The van der Waals surface area contributed by atoms with Crippen LogP contribution in [0.25, 0.3) is 0 Å². The molecule has 1 atom stereocenters. The van der Waals surface area contributed by atoms with Crippen molar-refractivity contribution in [2.45, 2.75) is 38.4 Å². The lowest BCUT2D eigenvalue weighted by molar-refractivity contribution is -0.137. The molecule has 1 aromatic heterocycles. The van der Waals surface area contributed by atoms with Crippen molar-refractivity contribution in [3.8, 4) is 0 Å². The van der Waals surface area contributed by atoms with Crippen LogP contribution in [0.5, 0.6) is 0 Å². The Morgan fingerprint density at radius 2 is 1.88 bits per heavy atom. The van der Waals surface area contributed by atoms with E-state index in [0.717, 1.165) is 50.7 Å². The lowest BCUT2D eigenvalue weighted by atomic mass is 10.0. The molecule has 32 heavy (non-hydrogen) atoms. The summed E-state index contributed by atoms with van der Waals surface area (Å²) < 4.78 is 40.8. The first-order valence-electron chi connectivity index (χ1n) is 11.2. The van der Waals surface area contributed by atoms with Gasteiger partial charge in [-0.2, -0.15) is 18.3 Å². The Morgan fingerprint density at radius 3 is 2.53 bits per heavy atom. The number of alkyl halides is 3. The predicted octanol–water partition coefficient (Wildman–Crippen LogP) is 3.43. The Labute approximate surface area is 186 Å². The van der Waals surface area contributed by atoms with Gasteiger partial charge in [0.15, 0.2) is 0 Å². The molecular weight excluding hydrogens is 419 g/mol. The fourth-order valence-electron chi connectivity index (χ4n) is 4.72. The number of carbonyl (C=O) groups excluding carboxylic acids is 1. The van der Waals surface area contributed by atoms with Gasteiger partial charge in [0, 0.05) is 58.0 Å². The number of halogens is 3. The second-order valence-corrected chi connectivity index (χ2v) is 8.62. The topological polar surface area (TPSA) is 44.6 Å². The molecule has 6 nitrogen and oxygen atoms in total. The molecule has 9 heteroatoms. The Balaban J connectivity index is 1.36. The summed E-state index contributed by atoms with van der Waals surface area (Å²) in [5, 5.41) is 4.40. The van der Waals surface area contributed by atoms with E-state index in [1.54, 1.807) is 17.8 Å². The Hall–Kier alpha value is -2.55. The fraction of sp³-hybridized carbons (Fsp3) is 0.565. The third kappa shape index (κ3) is 4.77. The van der Waals surface area contributed by atoms with Gasteiger partial charge in [0.05, 0.1) is 11.3 Å². The minimum atomic E-state index is -4.33. The van der Waals surface area contributed by atoms with Gasteiger partial charge in [0.1, 0.15) is 5.69 Å². The van der Waals surface area contributed by atoms with Gasteiger partial charge in [-0.3, -0.25) is 14.4 Å². The van der Waals surface area contributed by atoms with Crippen molar-refractivity contribution in [2.24, 2.45) is 7.05 Å². The first-order chi connectivity index (χ1) is 15.3. The van der Waals surface area contributed by atoms with Crippen LogP contribution in [0.1, 0.15) is 41.5 Å². The molecule has 2 saturated heterocycles. The van der Waals surface area contributed by atoms with Crippen molar-refractivity contribution in [2.75, 3.05) is 44.2 Å². The van der Waals surface area contributed by atoms with Crippen molar-refractivity contribution in [3.05, 3.63) is 47.3 Å². The number of aromatic nitrogens is 2. The van der Waals surface area contributed by atoms with E-state index in [-0.39, 0.29) is 11.9 Å². The number of piperazine rings is 1. The van der Waals surface area contributed by atoms with Gasteiger partial charge in [0.2, 0.25) is 0 Å². The maximum atomic E-state index is 13.1. The molecule has 0 radical (unpaired) electrons. The van der Waals surface area contributed by atoms with Crippen LogP contribution >= 0.6 is 0 Å². The van der Waals surface area contributed by atoms with Crippen molar-refractivity contribution < 1.29 is 18.0 Å². The van der Waals surface area contributed by atoms with Gasteiger partial charge >= 0.3 is 6.18 Å². The largest absolute Gasteiger partial charge is 0.416 e. The quantitative estimate of drug-likeness (QED) is 0.718. The number of aryl methyl sites for hydroxylation is 2. The number of piperidine rings is 1. The summed E-state index contributed by atoms with van der Waals surface area (Å²) in [6, 6.07) is 7.70. The van der Waals surface area contributed by atoms with Crippen molar-refractivity contribution >= 4 is 11.6 Å². The molecule has 0 bridgehead atoms. The summed E-state index contributed by atoms with van der Waals surface area (Å²) in [7, 11) is 1.81. The van der Waals surface area contributed by atoms with E-state index in [9.17, 15) is 18.0 Å². The summed E-state index contributed by atoms with van der Waals surface area (Å²) in [6.45, 7) is 6.33. The zero-order chi connectivity index (χ0) is 22.9. The number of amides is 1. The minimum Gasteiger partial charge on any atom is -0.369 e. The van der Waals surface area contributed by atoms with E-state index in [0.29, 0.717) is 31.0 Å². The molecule has 3 heterocycles. The van der Waals surface area contributed by atoms with E-state index < -0.39 is 11.7 Å². The second-order valence-electron chi connectivity index (χ2n) is 8.62. The molecule has 2 aliphatic heterocycles. The lowest BCUT2D eigenvalue weighted by Gasteiger charge is -2.44. The maximum absolute atomic E-state index is 13.1. The van der Waals surface area contributed by atoms with Crippen LogP contribution in [0.2, 0.25) is 0 Å². The average Bonchev–Trinajstić information content (AvgIpc) is 3.19. The molecule has 4 rings (SSSR count). The van der Waals surface area contributed by atoms with Gasteiger partial charge in [0.25, 0.3) is 5.91 Å². The molecule has 0 saturated carbocycles. The molecule has 1 amide bonds. The van der Waals surface area contributed by atoms with Gasteiger partial charge < -0.3 is 9.80 Å². The highest BCUT2D eigenvalue weighted by molar-refractivity contribution is 5.92. The summed E-state index contributed by atoms with van der Waals surface area (Å²) in [5.74, 6) is 0.0204. The number of nitrogens with zero attached hydrogens (tertiary/aromatic N) is 5. The second kappa shape index (κ2) is 9.13. The highest BCUT2D eigenvalue weighted by atomic mass is 19.4. The standard InChI is InChI=1S/C23H30F3N5O/c1-3-18-15-21(28(2)27-18)22(32)31-9-5-8-20(16-31)30-12-10-29(11-13-30)19-7-4-6-17(14-19)23(24,25)26/h4,6-7,14-15,20H,3,5,8-13,16H2,1-2H3/t20-/m1/s1. The van der Waals surface area contributed by atoms with Crippen LogP contribution in [-0.2, 0) is 19.6 Å². The van der Waals surface area contributed by atoms with Gasteiger partial charge in [-0.1, -0.05) is 13.0 Å². The first-order valence-corrected chi connectivity index (χ1v) is 11.2. The van der Waals surface area contributed by atoms with E-state index in [4.69, 9.17) is 0 Å². The monoisotopic (exact) mass is 449 g/mol. The van der Waals surface area contributed by atoms with E-state index in [1.165, 1.54) is 12.1 Å². The Kier molecular flexibility index (Phi) is 6.46. The smallest absolute Gasteiger partial charge is 0.369 e. The summed E-state index contributed by atoms with van der Waals surface area (Å²) >= 11 is 0. The molecule has 0 N–H and O–H groups in total. The zero-order valence-electron chi connectivity index (χ0n) is 18.6. The molecular formula is C23H30F3N5O. The lowest BCUT2D eigenvalue weighted by Crippen LogP contribution is -2.56. The normalized spacial score (nSPS) is 20.6. The van der Waals surface area contributed by atoms with Crippen LogP contribution < -0.4 is 4.90 Å². The van der Waals surface area contributed by atoms with Gasteiger partial charge in [-0.25, -0.2) is 0 Å². The third-order valence-corrected chi connectivity index (χ3v) is 6.56. The van der Waals surface area contributed by atoms with Crippen LogP contribution in [0.3, 0.4) is 0 Å². The number of likely N-dealkylation sites (tertiary alicyclic amines) is 1. The number of hydrogen-bond donors (Lipinski definition) is 0. The molecule has 0 aliphatic carbocycles. The summed E-state index contributed by atoms with van der Waals surface area (Å²) in [4.78, 5) is 19.4. The minimum absolute atomic E-state index is 0.0204. The van der Waals surface area contributed by atoms with Crippen molar-refractivity contribution in [3.63, 3.8) is 0 Å². The SMILES string of the molecule is CCc1cc(C(=O)N2CCC[C@@H](N3CCN(c4cccc(C(F)(F)F)c4)CC3)C2)n(C)n1. The number of anilines is 1. The summed E-state index contributed by atoms with van der Waals surface area (Å²) in [5.41, 5.74) is 1.54. The zero-order valence-corrected chi connectivity index (χ0v) is 18.6. The van der Waals surface area contributed by atoms with Crippen molar-refractivity contribution in [1.82, 2.24) is 19.6 Å². The van der Waals surface area contributed by atoms with Gasteiger partial charge in [-0.15, -0.1) is 0 Å². The number of carbonyl (C=O) groups is 1. The van der Waals surface area contributed by atoms with E-state index in [2.05, 4.69) is 10.00 Å². The number of benzene rings is 1. The van der Waals surface area contributed by atoms with E-state index >= 15 is 0 Å². The maximum Gasteiger partial charge on any atom is 0.416 e. The molecule has 174 valence electrons. The van der Waals surface area contributed by atoms with Crippen LogP contribution in [0.15, 0.2) is 30.3 Å². The van der Waals surface area contributed by atoms with Crippen LogP contribution in [0, 0.1) is 0 Å². The third-order valence-electron chi connectivity index (χ3n) is 6.56. The van der Waals surface area contributed by atoms with Gasteiger partial charge in [-0.05, 0) is 43.5 Å².